The molecule has 2 N–H and O–H groups in total. The van der Waals surface area contributed by atoms with Crippen LogP contribution in [-0.2, 0) is 0 Å². The summed E-state index contributed by atoms with van der Waals surface area (Å²) in [4.78, 5) is 29.3. The van der Waals surface area contributed by atoms with Gasteiger partial charge in [0.2, 0.25) is 0 Å². The first-order valence-electron chi connectivity index (χ1n) is 12.0. The van der Waals surface area contributed by atoms with E-state index in [9.17, 15) is 9.59 Å². The van der Waals surface area contributed by atoms with Crippen LogP contribution in [-0.4, -0.2) is 30.2 Å². The van der Waals surface area contributed by atoms with Crippen LogP contribution < -0.4 is 14.9 Å². The molecule has 0 saturated heterocycles. The van der Waals surface area contributed by atoms with Crippen molar-refractivity contribution in [3.8, 4) is 22.6 Å². The quantitative estimate of drug-likeness (QED) is 0.0785. The van der Waals surface area contributed by atoms with Crippen LogP contribution in [0.15, 0.2) is 88.4 Å². The number of aromatic amines is 1. The number of esters is 1. The molecule has 4 aromatic carbocycles. The van der Waals surface area contributed by atoms with E-state index in [1.165, 1.54) is 13.3 Å². The molecule has 0 aliphatic rings. The van der Waals surface area contributed by atoms with Gasteiger partial charge < -0.3 is 14.5 Å². The summed E-state index contributed by atoms with van der Waals surface area (Å²) in [5.41, 5.74) is 5.15. The fourth-order valence-electron chi connectivity index (χ4n) is 4.19. The Balaban J connectivity index is 1.44. The van der Waals surface area contributed by atoms with Crippen LogP contribution in [0.4, 0.5) is 0 Å². The third kappa shape index (κ3) is 6.26. The molecule has 0 bridgehead atoms. The molecule has 1 heterocycles. The maximum Gasteiger partial charge on any atom is 0.343 e. The minimum absolute atomic E-state index is 0.188. The monoisotopic (exact) mass is 669 g/mol. The van der Waals surface area contributed by atoms with Gasteiger partial charge in [0.05, 0.1) is 23.9 Å². The molecule has 1 aromatic heterocycles. The number of nitrogens with one attached hydrogen (secondary N) is 2. The summed E-state index contributed by atoms with van der Waals surface area (Å²) in [5, 5.41) is 5.93. The molecule has 0 saturated carbocycles. The van der Waals surface area contributed by atoms with Gasteiger partial charge in [-0.2, -0.15) is 5.10 Å². The number of benzene rings is 4. The highest BCUT2D eigenvalue weighted by molar-refractivity contribution is 9.10. The summed E-state index contributed by atoms with van der Waals surface area (Å²) in [6.45, 7) is 0. The van der Waals surface area contributed by atoms with Crippen LogP contribution in [0.5, 0.6) is 11.5 Å². The number of fused-ring (bicyclic) bond motifs is 1. The van der Waals surface area contributed by atoms with Crippen molar-refractivity contribution >= 4 is 79.7 Å². The van der Waals surface area contributed by atoms with E-state index < -0.39 is 11.9 Å². The normalized spacial score (nSPS) is 11.1. The number of H-pyrrole nitrogens is 1. The van der Waals surface area contributed by atoms with Gasteiger partial charge in [0.25, 0.3) is 5.91 Å². The predicted octanol–water partition coefficient (Wildman–Crippen LogP) is 8.55. The Hall–Kier alpha value is -3.82. The SMILES string of the molecule is COc1cccc(C(=O)Oc2ccc(Br)cc2C=NNC(=O)c2[nH]c3cc(Cl)cc(Cl)c3c2-c2ccccc2Cl)c1. The predicted molar refractivity (Wildman–Crippen MR) is 166 cm³/mol. The number of rotatable bonds is 7. The van der Waals surface area contributed by atoms with Gasteiger partial charge in [-0.3, -0.25) is 4.79 Å². The first-order chi connectivity index (χ1) is 19.7. The topological polar surface area (TPSA) is 92.8 Å². The number of amides is 1. The molecule has 206 valence electrons. The Morgan fingerprint density at radius 1 is 0.951 bits per heavy atom. The van der Waals surface area contributed by atoms with Gasteiger partial charge in [0.1, 0.15) is 17.2 Å². The van der Waals surface area contributed by atoms with Crippen molar-refractivity contribution in [3.05, 3.63) is 115 Å². The van der Waals surface area contributed by atoms with Crippen LogP contribution in [0, 0.1) is 0 Å². The minimum Gasteiger partial charge on any atom is -0.497 e. The second kappa shape index (κ2) is 12.4. The van der Waals surface area contributed by atoms with Gasteiger partial charge in [-0.25, -0.2) is 10.2 Å². The van der Waals surface area contributed by atoms with Crippen molar-refractivity contribution < 1.29 is 19.1 Å². The first-order valence-corrected chi connectivity index (χ1v) is 13.9. The molecule has 0 fully saturated rings. The van der Waals surface area contributed by atoms with Crippen molar-refractivity contribution in [2.24, 2.45) is 5.10 Å². The Labute approximate surface area is 258 Å². The lowest BCUT2D eigenvalue weighted by atomic mass is 10.0. The minimum atomic E-state index is -0.581. The maximum absolute atomic E-state index is 13.4. The van der Waals surface area contributed by atoms with E-state index in [1.807, 2.05) is 6.07 Å². The average molecular weight is 672 g/mol. The number of carbonyl (C=O) groups is 2. The van der Waals surface area contributed by atoms with Crippen LogP contribution in [0.25, 0.3) is 22.0 Å². The van der Waals surface area contributed by atoms with E-state index in [-0.39, 0.29) is 11.4 Å². The number of nitrogens with zero attached hydrogens (tertiary/aromatic N) is 1. The molecule has 0 atom stereocenters. The smallest absolute Gasteiger partial charge is 0.343 e. The van der Waals surface area contributed by atoms with Crippen molar-refractivity contribution in [1.82, 2.24) is 10.4 Å². The summed E-state index contributed by atoms with van der Waals surface area (Å²) in [5.74, 6) is -0.369. The van der Waals surface area contributed by atoms with Crippen LogP contribution in [0.3, 0.4) is 0 Å². The zero-order valence-corrected chi connectivity index (χ0v) is 25.0. The van der Waals surface area contributed by atoms with E-state index in [0.717, 1.165) is 4.47 Å². The Morgan fingerprint density at radius 3 is 2.54 bits per heavy atom. The molecule has 0 spiro atoms. The fraction of sp³-hybridized carbons (Fsp3) is 0.0333. The fourth-order valence-corrected chi connectivity index (χ4v) is 5.39. The lowest BCUT2D eigenvalue weighted by Crippen LogP contribution is -2.19. The largest absolute Gasteiger partial charge is 0.497 e. The van der Waals surface area contributed by atoms with Gasteiger partial charge in [-0.1, -0.05) is 75.0 Å². The lowest BCUT2D eigenvalue weighted by molar-refractivity contribution is 0.0733. The Morgan fingerprint density at radius 2 is 1.76 bits per heavy atom. The summed E-state index contributed by atoms with van der Waals surface area (Å²) in [7, 11) is 1.51. The lowest BCUT2D eigenvalue weighted by Gasteiger charge is -2.09. The van der Waals surface area contributed by atoms with Crippen LogP contribution in [0.1, 0.15) is 26.4 Å². The van der Waals surface area contributed by atoms with Crippen molar-refractivity contribution in [1.29, 1.82) is 0 Å². The van der Waals surface area contributed by atoms with Crippen molar-refractivity contribution in [2.45, 2.75) is 0 Å². The summed E-state index contributed by atoms with van der Waals surface area (Å²) >= 11 is 22.7. The number of halogens is 4. The third-order valence-corrected chi connectivity index (χ3v) is 7.37. The zero-order chi connectivity index (χ0) is 29.1. The number of methoxy groups -OCH3 is 1. The molecule has 1 amide bonds. The molecule has 0 aliphatic heterocycles. The van der Waals surface area contributed by atoms with Crippen molar-refractivity contribution in [2.75, 3.05) is 7.11 Å². The second-order valence-electron chi connectivity index (χ2n) is 8.67. The number of carbonyl (C=O) groups excluding carboxylic acids is 2. The Bertz CT molecular complexity index is 1840. The first kappa shape index (κ1) is 28.7. The molecular weight excluding hydrogens is 653 g/mol. The average Bonchev–Trinajstić information content (AvgIpc) is 3.34. The summed E-state index contributed by atoms with van der Waals surface area (Å²) in [6, 6.07) is 22.0. The van der Waals surface area contributed by atoms with E-state index >= 15 is 0 Å². The standard InChI is InChI=1S/C30H19BrCl3N3O4/c1-40-20-6-4-5-16(12-20)30(39)41-25-10-9-18(31)11-17(25)15-35-37-29(38)28-26(21-7-2-3-8-22(21)33)27-23(34)13-19(32)14-24(27)36-28/h2-15,36H,1H3,(H,37,38). The van der Waals surface area contributed by atoms with Gasteiger partial charge in [-0.15, -0.1) is 0 Å². The number of ether oxygens (including phenoxy) is 2. The van der Waals surface area contributed by atoms with E-state index in [1.54, 1.807) is 72.8 Å². The summed E-state index contributed by atoms with van der Waals surface area (Å²) < 4.78 is 11.5. The highest BCUT2D eigenvalue weighted by Gasteiger charge is 2.23. The van der Waals surface area contributed by atoms with Gasteiger partial charge in [0, 0.05) is 42.1 Å². The van der Waals surface area contributed by atoms with Gasteiger partial charge in [-0.05, 0) is 54.6 Å². The van der Waals surface area contributed by atoms with Gasteiger partial charge >= 0.3 is 5.97 Å². The second-order valence-corrected chi connectivity index (χ2v) is 10.8. The molecule has 7 nitrogen and oxygen atoms in total. The Kier molecular flexibility index (Phi) is 8.65. The summed E-state index contributed by atoms with van der Waals surface area (Å²) in [6.07, 6.45) is 1.37. The third-order valence-electron chi connectivity index (χ3n) is 6.03. The van der Waals surface area contributed by atoms with Crippen molar-refractivity contribution in [3.63, 3.8) is 0 Å². The van der Waals surface area contributed by atoms with Crippen LogP contribution >= 0.6 is 50.7 Å². The van der Waals surface area contributed by atoms with Gasteiger partial charge in [0.15, 0.2) is 0 Å². The van der Waals surface area contributed by atoms with E-state index in [4.69, 9.17) is 44.3 Å². The highest BCUT2D eigenvalue weighted by atomic mass is 79.9. The van der Waals surface area contributed by atoms with E-state index in [0.29, 0.717) is 54.0 Å². The molecule has 5 aromatic rings. The number of hydrogen-bond acceptors (Lipinski definition) is 5. The molecular formula is C30H19BrCl3N3O4. The number of hydrazone groups is 1. The number of aromatic nitrogens is 1. The molecule has 5 rings (SSSR count). The van der Waals surface area contributed by atoms with Crippen LogP contribution in [0.2, 0.25) is 15.1 Å². The molecule has 0 radical (unpaired) electrons. The molecule has 0 unspecified atom stereocenters. The van der Waals surface area contributed by atoms with E-state index in [2.05, 4.69) is 31.4 Å². The number of hydrogen-bond donors (Lipinski definition) is 2. The molecule has 41 heavy (non-hydrogen) atoms. The molecule has 11 heteroatoms. The highest BCUT2D eigenvalue weighted by Crippen LogP contribution is 2.41. The maximum atomic E-state index is 13.4. The zero-order valence-electron chi connectivity index (χ0n) is 21.2. The molecule has 0 aliphatic carbocycles.